The van der Waals surface area contributed by atoms with Crippen LogP contribution in [0.4, 0.5) is 5.82 Å². The minimum absolute atomic E-state index is 0.00672. The van der Waals surface area contributed by atoms with Crippen molar-refractivity contribution < 1.29 is 27.7 Å². The van der Waals surface area contributed by atoms with Crippen molar-refractivity contribution in [2.75, 3.05) is 20.3 Å². The molecule has 16 heteroatoms. The largest absolute Gasteiger partial charge is 0.493 e. The molecule has 0 unspecified atom stereocenters. The van der Waals surface area contributed by atoms with Gasteiger partial charge >= 0.3 is 0 Å². The van der Waals surface area contributed by atoms with Gasteiger partial charge in [0.05, 0.1) is 31.1 Å². The summed E-state index contributed by atoms with van der Waals surface area (Å²) in [6.07, 6.45) is 2.87. The lowest BCUT2D eigenvalue weighted by Crippen LogP contribution is -2.08. The van der Waals surface area contributed by atoms with Crippen LogP contribution in [0.2, 0.25) is 0 Å². The highest BCUT2D eigenvalue weighted by atomic mass is 32.2. The minimum atomic E-state index is -4.38. The molecule has 0 atom stereocenters. The zero-order valence-electron chi connectivity index (χ0n) is 21.6. The van der Waals surface area contributed by atoms with Crippen molar-refractivity contribution in [3.05, 3.63) is 71.2 Å². The lowest BCUT2D eigenvalue weighted by molar-refractivity contribution is 0.192. The number of aliphatic hydroxyl groups excluding tert-OH is 1. The van der Waals surface area contributed by atoms with Gasteiger partial charge in [0.1, 0.15) is 6.61 Å². The van der Waals surface area contributed by atoms with Gasteiger partial charge in [0, 0.05) is 23.8 Å². The van der Waals surface area contributed by atoms with Crippen LogP contribution in [0.25, 0.3) is 27.6 Å². The number of hydrogen-bond acceptors (Lipinski definition) is 13. The molecular weight excluding hydrogens is 554 g/mol. The second kappa shape index (κ2) is 11.9. The molecule has 1 N–H and O–H groups in total. The first kappa shape index (κ1) is 27.4. The summed E-state index contributed by atoms with van der Waals surface area (Å²) in [5.41, 5.74) is 1.47. The third-order valence-corrected chi connectivity index (χ3v) is 6.53. The molecule has 0 fully saturated rings. The van der Waals surface area contributed by atoms with Crippen molar-refractivity contribution in [1.29, 1.82) is 0 Å². The highest BCUT2D eigenvalue weighted by molar-refractivity contribution is 7.94. The number of sulfonamides is 1. The van der Waals surface area contributed by atoms with Gasteiger partial charge in [-0.2, -0.15) is 5.21 Å². The molecule has 4 aromatic heterocycles. The van der Waals surface area contributed by atoms with E-state index in [4.69, 9.17) is 14.2 Å². The number of para-hydroxylation sites is 2. The molecule has 5 aromatic rings. The first-order valence-electron chi connectivity index (χ1n) is 11.9. The smallest absolute Gasteiger partial charge is 0.257 e. The normalized spacial score (nSPS) is 11.2. The van der Waals surface area contributed by atoms with Crippen molar-refractivity contribution in [3.8, 4) is 46.0 Å². The van der Waals surface area contributed by atoms with Crippen LogP contribution >= 0.6 is 0 Å². The number of pyridine rings is 2. The van der Waals surface area contributed by atoms with Gasteiger partial charge in [-0.1, -0.05) is 18.2 Å². The molecule has 0 radical (unpaired) electrons. The summed E-state index contributed by atoms with van der Waals surface area (Å²) in [5, 5.41) is 23.7. The van der Waals surface area contributed by atoms with E-state index < -0.39 is 10.0 Å². The summed E-state index contributed by atoms with van der Waals surface area (Å²) in [4.78, 5) is 17.1. The number of aromatic nitrogens is 8. The molecule has 0 saturated heterocycles. The van der Waals surface area contributed by atoms with E-state index in [0.29, 0.717) is 17.0 Å². The van der Waals surface area contributed by atoms with Crippen molar-refractivity contribution in [2.24, 2.45) is 0 Å². The molecule has 15 nitrogen and oxygen atoms in total. The highest BCUT2D eigenvalue weighted by Crippen LogP contribution is 2.45. The number of hydrogen-bond donors (Lipinski definition) is 1. The van der Waals surface area contributed by atoms with Gasteiger partial charge in [-0.25, -0.2) is 18.4 Å². The number of aryl methyl sites for hydroxylation is 1. The van der Waals surface area contributed by atoms with E-state index in [0.717, 1.165) is 5.56 Å². The van der Waals surface area contributed by atoms with Crippen LogP contribution in [0.5, 0.6) is 23.1 Å². The Balaban J connectivity index is 1.67. The van der Waals surface area contributed by atoms with Crippen LogP contribution < -0.4 is 19.3 Å². The van der Waals surface area contributed by atoms with Gasteiger partial charge in [0.2, 0.25) is 10.0 Å². The quantitative estimate of drug-likeness (QED) is 0.241. The molecule has 0 aliphatic carbocycles. The average molecular weight is 576 g/mol. The van der Waals surface area contributed by atoms with Gasteiger partial charge in [-0.15, -0.1) is 0 Å². The predicted molar refractivity (Wildman–Crippen MR) is 142 cm³/mol. The van der Waals surface area contributed by atoms with Crippen molar-refractivity contribution >= 4 is 15.8 Å². The third kappa shape index (κ3) is 6.18. The number of ether oxygens (including phenoxy) is 3. The Morgan fingerprint density at radius 3 is 2.59 bits per heavy atom. The second-order valence-corrected chi connectivity index (χ2v) is 9.75. The molecule has 0 aliphatic rings. The summed E-state index contributed by atoms with van der Waals surface area (Å²) in [5.74, 6) is -0.0830. The lowest BCUT2D eigenvalue weighted by atomic mass is 10.2. The van der Waals surface area contributed by atoms with Crippen LogP contribution in [0.3, 0.4) is 0 Å². The van der Waals surface area contributed by atoms with Crippen molar-refractivity contribution in [3.63, 3.8) is 0 Å². The SMILES string of the molecule is COc1ccccc1Oc1c([N-]S(=O)(=O)c2ccc(C)cn2)nc(-c2ccnc(-c3nnn[n-]3)c2)nc1OCCO. The third-order valence-electron chi connectivity index (χ3n) is 5.35. The summed E-state index contributed by atoms with van der Waals surface area (Å²) >= 11 is 0. The Bertz CT molecular complexity index is 1750. The predicted octanol–water partition coefficient (Wildman–Crippen LogP) is 2.62. The maximum absolute atomic E-state index is 13.3. The molecule has 0 bridgehead atoms. The van der Waals surface area contributed by atoms with Crippen molar-refractivity contribution in [1.82, 2.24) is 40.6 Å². The molecule has 210 valence electrons. The maximum Gasteiger partial charge on any atom is 0.257 e. The number of aliphatic hydroxyl groups is 1. The molecule has 0 amide bonds. The van der Waals surface area contributed by atoms with Gasteiger partial charge < -0.3 is 34.1 Å². The van der Waals surface area contributed by atoms with E-state index >= 15 is 0 Å². The van der Waals surface area contributed by atoms with E-state index in [-0.39, 0.29) is 53.1 Å². The van der Waals surface area contributed by atoms with Crippen LogP contribution in [0, 0.1) is 6.92 Å². The minimum Gasteiger partial charge on any atom is -0.493 e. The number of methoxy groups -OCH3 is 1. The monoisotopic (exact) mass is 575 g/mol. The Morgan fingerprint density at radius 1 is 1.05 bits per heavy atom. The van der Waals surface area contributed by atoms with Crippen LogP contribution in [0.15, 0.2) is 66.0 Å². The molecule has 0 spiro atoms. The van der Waals surface area contributed by atoms with Crippen LogP contribution in [-0.4, -0.2) is 69.3 Å². The van der Waals surface area contributed by atoms with Crippen LogP contribution in [0.1, 0.15) is 5.56 Å². The second-order valence-electron chi connectivity index (χ2n) is 8.20. The molecule has 41 heavy (non-hydrogen) atoms. The fourth-order valence-corrected chi connectivity index (χ4v) is 4.33. The summed E-state index contributed by atoms with van der Waals surface area (Å²) < 4.78 is 47.7. The van der Waals surface area contributed by atoms with Gasteiger partial charge in [-0.05, 0) is 42.8 Å². The van der Waals surface area contributed by atoms with E-state index in [2.05, 4.69) is 45.3 Å². The Hall–Kier alpha value is -5.22. The number of nitrogens with zero attached hydrogens (tertiary/aromatic N) is 9. The average Bonchev–Trinajstić information content (AvgIpc) is 3.53. The van der Waals surface area contributed by atoms with E-state index in [9.17, 15) is 13.5 Å². The summed E-state index contributed by atoms with van der Waals surface area (Å²) in [6.45, 7) is 1.22. The molecule has 1 aromatic carbocycles. The van der Waals surface area contributed by atoms with E-state index in [1.807, 2.05) is 0 Å². The fourth-order valence-electron chi connectivity index (χ4n) is 3.46. The topological polar surface area (TPSA) is 200 Å². The first-order chi connectivity index (χ1) is 19.9. The molecule has 5 rings (SSSR count). The molecule has 0 saturated carbocycles. The summed E-state index contributed by atoms with van der Waals surface area (Å²) in [7, 11) is -2.93. The van der Waals surface area contributed by atoms with Gasteiger partial charge in [0.15, 0.2) is 22.3 Å². The van der Waals surface area contributed by atoms with Gasteiger partial charge in [0.25, 0.3) is 5.88 Å². The number of tetrazole rings is 1. The standard InChI is InChI=1S/C25H21N9O6S/c1-15-7-8-20(27-14-15)41(36,37)32-24-21(40-19-6-4-3-5-18(19)38-2)25(39-12-11-35)29-22(28-24)16-9-10-26-17(13-16)23-30-33-34-31-23/h3-10,13-14,35H,11-12H2,1-2H3/q-2. The highest BCUT2D eigenvalue weighted by Gasteiger charge is 2.20. The Labute approximate surface area is 233 Å². The van der Waals surface area contributed by atoms with E-state index in [1.165, 1.54) is 25.6 Å². The maximum atomic E-state index is 13.3. The first-order valence-corrected chi connectivity index (χ1v) is 13.3. The fraction of sp³-hybridized carbons (Fsp3) is 0.160. The molecule has 0 aliphatic heterocycles. The zero-order chi connectivity index (χ0) is 28.8. The lowest BCUT2D eigenvalue weighted by Gasteiger charge is -2.24. The Morgan fingerprint density at radius 2 is 1.88 bits per heavy atom. The van der Waals surface area contributed by atoms with Crippen LogP contribution in [-0.2, 0) is 10.0 Å². The molecule has 4 heterocycles. The number of benzene rings is 1. The zero-order valence-corrected chi connectivity index (χ0v) is 22.4. The Kier molecular flexibility index (Phi) is 7.93. The number of rotatable bonds is 11. The molecular formula is C25H21N9O6S-2. The van der Waals surface area contributed by atoms with Gasteiger partial charge in [-0.3, -0.25) is 15.3 Å². The van der Waals surface area contributed by atoms with E-state index in [1.54, 1.807) is 49.4 Å². The van der Waals surface area contributed by atoms with Crippen molar-refractivity contribution in [2.45, 2.75) is 11.9 Å². The summed E-state index contributed by atoms with van der Waals surface area (Å²) in [6, 6.07) is 12.7.